The molecule has 7 heteroatoms. The minimum Gasteiger partial charge on any atom is -0.497 e. The van der Waals surface area contributed by atoms with Gasteiger partial charge < -0.3 is 15.0 Å². The predicted octanol–water partition coefficient (Wildman–Crippen LogP) is 6.16. The molecule has 1 atom stereocenters. The predicted molar refractivity (Wildman–Crippen MR) is 155 cm³/mol. The number of rotatable bonds is 12. The van der Waals surface area contributed by atoms with Crippen LogP contribution in [0.4, 0.5) is 4.39 Å². The van der Waals surface area contributed by atoms with Crippen molar-refractivity contribution in [3.8, 4) is 5.75 Å². The van der Waals surface area contributed by atoms with Crippen molar-refractivity contribution in [1.82, 2.24) is 10.2 Å². The summed E-state index contributed by atoms with van der Waals surface area (Å²) in [6, 6.07) is 23.3. The third-order valence-electron chi connectivity index (χ3n) is 7.12. The third-order valence-corrected chi connectivity index (χ3v) is 8.11. The van der Waals surface area contributed by atoms with E-state index in [0.717, 1.165) is 42.4 Å². The van der Waals surface area contributed by atoms with Crippen LogP contribution in [-0.2, 0) is 28.3 Å². The van der Waals surface area contributed by atoms with Crippen LogP contribution in [0.25, 0.3) is 0 Å². The Labute approximate surface area is 235 Å². The summed E-state index contributed by atoms with van der Waals surface area (Å²) < 4.78 is 18.7. The van der Waals surface area contributed by atoms with Crippen molar-refractivity contribution in [2.75, 3.05) is 12.9 Å². The number of carbonyl (C=O) groups excluding carboxylic acids is 2. The third kappa shape index (κ3) is 8.85. The number of benzene rings is 3. The largest absolute Gasteiger partial charge is 0.497 e. The van der Waals surface area contributed by atoms with Gasteiger partial charge in [-0.3, -0.25) is 9.59 Å². The number of carbonyl (C=O) groups is 2. The zero-order chi connectivity index (χ0) is 27.5. The number of nitrogens with zero attached hydrogens (tertiary/aromatic N) is 1. The standard InChI is InChI=1S/C32H37FN2O3S/c1-38-29-14-8-11-26(19-29)21-35(31(36)23-39-22-25-15-17-27(33)18-16-25)30(20-24-9-4-2-5-10-24)32(37)34-28-12-6-3-7-13-28/h2,4-5,8-11,14-19,28,30H,3,6-7,12-13,20-23H2,1H3,(H,34,37)/t30-/m0/s1. The van der Waals surface area contributed by atoms with Crippen LogP contribution < -0.4 is 10.1 Å². The van der Waals surface area contributed by atoms with Gasteiger partial charge in [-0.1, -0.05) is 73.9 Å². The molecule has 0 radical (unpaired) electrons. The molecule has 0 unspecified atom stereocenters. The highest BCUT2D eigenvalue weighted by atomic mass is 32.2. The zero-order valence-electron chi connectivity index (χ0n) is 22.5. The molecule has 5 nitrogen and oxygen atoms in total. The molecular formula is C32H37FN2O3S. The lowest BCUT2D eigenvalue weighted by atomic mass is 9.94. The van der Waals surface area contributed by atoms with Gasteiger partial charge in [0.25, 0.3) is 0 Å². The van der Waals surface area contributed by atoms with Gasteiger partial charge in [-0.15, -0.1) is 11.8 Å². The van der Waals surface area contributed by atoms with Crippen molar-refractivity contribution >= 4 is 23.6 Å². The van der Waals surface area contributed by atoms with Crippen molar-refractivity contribution in [2.45, 2.75) is 62.9 Å². The Morgan fingerprint density at radius 1 is 0.949 bits per heavy atom. The minimum absolute atomic E-state index is 0.106. The van der Waals surface area contributed by atoms with E-state index in [4.69, 9.17) is 4.74 Å². The summed E-state index contributed by atoms with van der Waals surface area (Å²) in [6.07, 6.45) is 5.80. The topological polar surface area (TPSA) is 58.6 Å². The molecule has 1 N–H and O–H groups in total. The number of methoxy groups -OCH3 is 1. The second-order valence-corrected chi connectivity index (χ2v) is 11.0. The average molecular weight is 549 g/mol. The fourth-order valence-corrected chi connectivity index (χ4v) is 5.86. The smallest absolute Gasteiger partial charge is 0.243 e. The van der Waals surface area contributed by atoms with Crippen LogP contribution in [-0.4, -0.2) is 41.7 Å². The van der Waals surface area contributed by atoms with Gasteiger partial charge in [0.2, 0.25) is 11.8 Å². The van der Waals surface area contributed by atoms with Gasteiger partial charge in [-0.2, -0.15) is 0 Å². The first-order chi connectivity index (χ1) is 19.0. The summed E-state index contributed by atoms with van der Waals surface area (Å²) in [5, 5.41) is 3.27. The van der Waals surface area contributed by atoms with Gasteiger partial charge in [0.15, 0.2) is 0 Å². The highest BCUT2D eigenvalue weighted by Gasteiger charge is 2.32. The Balaban J connectivity index is 1.57. The Hall–Kier alpha value is -3.32. The van der Waals surface area contributed by atoms with Gasteiger partial charge in [-0.05, 0) is 53.8 Å². The molecule has 1 fully saturated rings. The monoisotopic (exact) mass is 548 g/mol. The molecule has 0 aromatic heterocycles. The minimum atomic E-state index is -0.653. The van der Waals surface area contributed by atoms with Crippen molar-refractivity contribution < 1.29 is 18.7 Å². The highest BCUT2D eigenvalue weighted by Crippen LogP contribution is 2.22. The van der Waals surface area contributed by atoms with Crippen LogP contribution in [0.15, 0.2) is 78.9 Å². The Kier molecular flexibility index (Phi) is 10.8. The fraction of sp³-hybridized carbons (Fsp3) is 0.375. The number of hydrogen-bond donors (Lipinski definition) is 1. The second kappa shape index (κ2) is 14.7. The van der Waals surface area contributed by atoms with Crippen LogP contribution >= 0.6 is 11.8 Å². The maximum atomic E-state index is 13.8. The highest BCUT2D eigenvalue weighted by molar-refractivity contribution is 7.99. The molecular weight excluding hydrogens is 511 g/mol. The van der Waals surface area contributed by atoms with Gasteiger partial charge >= 0.3 is 0 Å². The molecule has 206 valence electrons. The molecule has 1 saturated carbocycles. The molecule has 0 aliphatic heterocycles. The Morgan fingerprint density at radius 2 is 1.67 bits per heavy atom. The summed E-state index contributed by atoms with van der Waals surface area (Å²) in [5.41, 5.74) is 2.85. The van der Waals surface area contributed by atoms with Crippen molar-refractivity contribution in [1.29, 1.82) is 0 Å². The lowest BCUT2D eigenvalue weighted by Gasteiger charge is -2.33. The molecule has 1 aliphatic carbocycles. The quantitative estimate of drug-likeness (QED) is 0.295. The van der Waals surface area contributed by atoms with E-state index in [1.807, 2.05) is 54.6 Å². The van der Waals surface area contributed by atoms with Gasteiger partial charge in [0.05, 0.1) is 12.9 Å². The molecule has 3 aromatic carbocycles. The summed E-state index contributed by atoms with van der Waals surface area (Å²) in [6.45, 7) is 0.294. The van der Waals surface area contributed by atoms with Gasteiger partial charge in [0, 0.05) is 24.8 Å². The lowest BCUT2D eigenvalue weighted by molar-refractivity contribution is -0.139. The Bertz CT molecular complexity index is 1200. The second-order valence-electron chi connectivity index (χ2n) is 10.0. The maximum Gasteiger partial charge on any atom is 0.243 e. The van der Waals surface area contributed by atoms with Gasteiger partial charge in [-0.25, -0.2) is 4.39 Å². The Morgan fingerprint density at radius 3 is 2.38 bits per heavy atom. The molecule has 3 aromatic rings. The van der Waals surface area contributed by atoms with Crippen molar-refractivity contribution in [3.05, 3.63) is 101 Å². The molecule has 39 heavy (non-hydrogen) atoms. The van der Waals surface area contributed by atoms with Crippen LogP contribution in [0.5, 0.6) is 5.75 Å². The first kappa shape index (κ1) is 28.7. The zero-order valence-corrected chi connectivity index (χ0v) is 23.3. The van der Waals surface area contributed by atoms with Crippen LogP contribution in [0.2, 0.25) is 0 Å². The van der Waals surface area contributed by atoms with E-state index in [0.29, 0.717) is 24.5 Å². The normalized spacial score (nSPS) is 14.4. The van der Waals surface area contributed by atoms with E-state index in [2.05, 4.69) is 5.32 Å². The molecule has 0 bridgehead atoms. The van der Waals surface area contributed by atoms with Crippen LogP contribution in [0, 0.1) is 5.82 Å². The van der Waals surface area contributed by atoms with Crippen molar-refractivity contribution in [3.63, 3.8) is 0 Å². The number of ether oxygens (including phenoxy) is 1. The molecule has 0 saturated heterocycles. The van der Waals surface area contributed by atoms with Crippen LogP contribution in [0.1, 0.15) is 48.8 Å². The van der Waals surface area contributed by atoms with E-state index >= 15 is 0 Å². The number of amides is 2. The molecule has 4 rings (SSSR count). The van der Waals surface area contributed by atoms with E-state index in [1.165, 1.54) is 30.3 Å². The average Bonchev–Trinajstić information content (AvgIpc) is 2.97. The first-order valence-corrected chi connectivity index (χ1v) is 14.8. The number of nitrogens with one attached hydrogen (secondary N) is 1. The van der Waals surface area contributed by atoms with Gasteiger partial charge in [0.1, 0.15) is 17.6 Å². The number of thioether (sulfide) groups is 1. The summed E-state index contributed by atoms with van der Waals surface area (Å²) >= 11 is 1.47. The fourth-order valence-electron chi connectivity index (χ4n) is 4.99. The summed E-state index contributed by atoms with van der Waals surface area (Å²) in [4.78, 5) is 29.4. The van der Waals surface area contributed by atoms with E-state index < -0.39 is 6.04 Å². The molecule has 0 heterocycles. The summed E-state index contributed by atoms with van der Waals surface area (Å²) in [7, 11) is 1.62. The van der Waals surface area contributed by atoms with Crippen LogP contribution in [0.3, 0.4) is 0 Å². The van der Waals surface area contributed by atoms with Crippen molar-refractivity contribution in [2.24, 2.45) is 0 Å². The number of hydrogen-bond acceptors (Lipinski definition) is 4. The van der Waals surface area contributed by atoms with E-state index in [9.17, 15) is 14.0 Å². The van der Waals surface area contributed by atoms with E-state index in [1.54, 1.807) is 24.1 Å². The SMILES string of the molecule is COc1cccc(CN(C(=O)CSCc2ccc(F)cc2)[C@@H](Cc2ccccc2)C(=O)NC2CCCCC2)c1. The molecule has 2 amide bonds. The lowest BCUT2D eigenvalue weighted by Crippen LogP contribution is -2.53. The van der Waals surface area contributed by atoms with E-state index in [-0.39, 0.29) is 29.4 Å². The first-order valence-electron chi connectivity index (χ1n) is 13.6. The number of halogens is 1. The molecule has 0 spiro atoms. The molecule has 1 aliphatic rings. The summed E-state index contributed by atoms with van der Waals surface area (Å²) in [5.74, 6) is 1.00. The maximum absolute atomic E-state index is 13.8.